The van der Waals surface area contributed by atoms with Crippen molar-refractivity contribution in [1.82, 2.24) is 4.90 Å². The quantitative estimate of drug-likeness (QED) is 0.630. The van der Waals surface area contributed by atoms with E-state index in [-0.39, 0.29) is 11.8 Å². The van der Waals surface area contributed by atoms with Gasteiger partial charge in [-0.15, -0.1) is 0 Å². The van der Waals surface area contributed by atoms with Crippen LogP contribution in [0.15, 0.2) is 48.5 Å². The van der Waals surface area contributed by atoms with Crippen LogP contribution in [0.4, 0.5) is 0 Å². The average Bonchev–Trinajstić information content (AvgIpc) is 3.58. The third kappa shape index (κ3) is 5.15. The molecular formula is C26H33BN2O4. The third-order valence-corrected chi connectivity index (χ3v) is 7.04. The Morgan fingerprint density at radius 2 is 1.67 bits per heavy atom. The molecule has 1 heterocycles. The van der Waals surface area contributed by atoms with Crippen molar-refractivity contribution in [2.75, 3.05) is 6.54 Å². The van der Waals surface area contributed by atoms with Crippen LogP contribution in [0.2, 0.25) is 0 Å². The molecule has 2 aliphatic rings. The molecule has 1 aliphatic heterocycles. The van der Waals surface area contributed by atoms with E-state index in [1.165, 1.54) is 0 Å². The number of carbonyl (C=O) groups excluding carboxylic acids is 2. The molecule has 0 atom stereocenters. The minimum absolute atomic E-state index is 0.133. The maximum absolute atomic E-state index is 13.0. The predicted octanol–water partition coefficient (Wildman–Crippen LogP) is 3.07. The lowest BCUT2D eigenvalue weighted by Gasteiger charge is -2.32. The first-order valence-electron chi connectivity index (χ1n) is 11.7. The Bertz CT molecular complexity index is 1020. The Labute approximate surface area is 196 Å². The molecule has 0 radical (unpaired) electrons. The summed E-state index contributed by atoms with van der Waals surface area (Å²) in [6.07, 6.45) is 2.49. The van der Waals surface area contributed by atoms with Gasteiger partial charge in [-0.2, -0.15) is 0 Å². The van der Waals surface area contributed by atoms with Crippen LogP contribution in [-0.2, 0) is 27.1 Å². The van der Waals surface area contributed by atoms with E-state index in [2.05, 4.69) is 0 Å². The summed E-state index contributed by atoms with van der Waals surface area (Å²) in [5.74, 6) is -0.151. The number of hydrogen-bond acceptors (Lipinski definition) is 4. The van der Waals surface area contributed by atoms with Crippen LogP contribution in [0.25, 0.3) is 0 Å². The van der Waals surface area contributed by atoms with Gasteiger partial charge in [0.15, 0.2) is 0 Å². The van der Waals surface area contributed by atoms with E-state index in [9.17, 15) is 9.59 Å². The molecule has 0 spiro atoms. The van der Waals surface area contributed by atoms with Crippen molar-refractivity contribution in [3.8, 4) is 0 Å². The highest BCUT2D eigenvalue weighted by atomic mass is 16.7. The largest absolute Gasteiger partial charge is 0.495 e. The van der Waals surface area contributed by atoms with E-state index >= 15 is 0 Å². The number of nitrogens with zero attached hydrogens (tertiary/aromatic N) is 1. The van der Waals surface area contributed by atoms with Gasteiger partial charge in [0.1, 0.15) is 0 Å². The molecule has 0 unspecified atom stereocenters. The molecule has 1 saturated heterocycles. The first-order valence-corrected chi connectivity index (χ1v) is 11.7. The maximum atomic E-state index is 13.0. The summed E-state index contributed by atoms with van der Waals surface area (Å²) in [4.78, 5) is 26.8. The van der Waals surface area contributed by atoms with Gasteiger partial charge in [0.05, 0.1) is 11.2 Å². The highest BCUT2D eigenvalue weighted by molar-refractivity contribution is 6.62. The third-order valence-electron chi connectivity index (χ3n) is 7.04. The van der Waals surface area contributed by atoms with Crippen molar-refractivity contribution >= 4 is 24.4 Å². The molecule has 0 aromatic heterocycles. The van der Waals surface area contributed by atoms with Gasteiger partial charge in [-0.05, 0) is 75.7 Å². The average molecular weight is 448 g/mol. The van der Waals surface area contributed by atoms with Crippen molar-refractivity contribution in [1.29, 1.82) is 0 Å². The molecule has 33 heavy (non-hydrogen) atoms. The topological polar surface area (TPSA) is 81.9 Å². The van der Waals surface area contributed by atoms with Crippen molar-refractivity contribution < 1.29 is 18.9 Å². The molecule has 4 rings (SSSR count). The van der Waals surface area contributed by atoms with Gasteiger partial charge < -0.3 is 19.9 Å². The molecule has 2 aromatic carbocycles. The van der Waals surface area contributed by atoms with Gasteiger partial charge in [-0.3, -0.25) is 9.59 Å². The zero-order chi connectivity index (χ0) is 23.8. The zero-order valence-corrected chi connectivity index (χ0v) is 20.0. The first kappa shape index (κ1) is 23.5. The van der Waals surface area contributed by atoms with Crippen molar-refractivity contribution in [3.05, 3.63) is 65.2 Å². The zero-order valence-electron chi connectivity index (χ0n) is 20.0. The number of amides is 2. The number of hydrogen-bond donors (Lipinski definition) is 1. The standard InChI is InChI=1S/C26H33BN2O4/c1-25(2)26(3,4)33-27(32-25)22-13-12-21(23(28)30)16-20(22)14-15-29(24(31)19-10-11-19)17-18-8-6-5-7-9-18/h5-9,12-13,16,19H,10-11,14-15,17H2,1-4H3,(H2,28,30). The summed E-state index contributed by atoms with van der Waals surface area (Å²) in [7, 11) is -0.548. The second-order valence-electron chi connectivity index (χ2n) is 10.1. The predicted molar refractivity (Wildman–Crippen MR) is 129 cm³/mol. The molecule has 2 N–H and O–H groups in total. The van der Waals surface area contributed by atoms with Crippen LogP contribution in [-0.4, -0.2) is 41.6 Å². The van der Waals surface area contributed by atoms with E-state index < -0.39 is 24.2 Å². The molecule has 6 nitrogen and oxygen atoms in total. The van der Waals surface area contributed by atoms with Crippen molar-refractivity contribution in [2.24, 2.45) is 11.7 Å². The number of carbonyl (C=O) groups is 2. The normalized spacial score (nSPS) is 18.8. The van der Waals surface area contributed by atoms with Crippen molar-refractivity contribution in [3.63, 3.8) is 0 Å². The Hall–Kier alpha value is -2.64. The van der Waals surface area contributed by atoms with Crippen LogP contribution in [0.5, 0.6) is 0 Å². The van der Waals surface area contributed by atoms with Crippen LogP contribution in [0.1, 0.15) is 62.0 Å². The minimum atomic E-state index is -0.548. The van der Waals surface area contributed by atoms with Gasteiger partial charge in [0.25, 0.3) is 0 Å². The van der Waals surface area contributed by atoms with Gasteiger partial charge in [0.2, 0.25) is 11.8 Å². The van der Waals surface area contributed by atoms with E-state index in [4.69, 9.17) is 15.0 Å². The highest BCUT2D eigenvalue weighted by Crippen LogP contribution is 2.37. The lowest BCUT2D eigenvalue weighted by atomic mass is 9.74. The number of nitrogens with two attached hydrogens (primary N) is 1. The van der Waals surface area contributed by atoms with Gasteiger partial charge >= 0.3 is 7.12 Å². The van der Waals surface area contributed by atoms with E-state index in [1.54, 1.807) is 6.07 Å². The second-order valence-corrected chi connectivity index (χ2v) is 10.1. The van der Waals surface area contributed by atoms with Crippen LogP contribution in [0.3, 0.4) is 0 Å². The number of primary amides is 1. The van der Waals surface area contributed by atoms with Crippen LogP contribution in [0, 0.1) is 5.92 Å². The molecule has 174 valence electrons. The SMILES string of the molecule is CC1(C)OB(c2ccc(C(N)=O)cc2CCN(Cc2ccccc2)C(=O)C2CC2)OC1(C)C. The number of benzene rings is 2. The number of rotatable bonds is 8. The highest BCUT2D eigenvalue weighted by Gasteiger charge is 2.52. The van der Waals surface area contributed by atoms with Crippen LogP contribution < -0.4 is 11.2 Å². The summed E-state index contributed by atoms with van der Waals surface area (Å²) in [6.45, 7) is 9.16. The molecule has 1 aliphatic carbocycles. The van der Waals surface area contributed by atoms with Crippen LogP contribution >= 0.6 is 0 Å². The second kappa shape index (κ2) is 8.95. The van der Waals surface area contributed by atoms with Crippen molar-refractivity contribution in [2.45, 2.75) is 64.7 Å². The lowest BCUT2D eigenvalue weighted by Crippen LogP contribution is -2.41. The van der Waals surface area contributed by atoms with Gasteiger partial charge in [0, 0.05) is 24.6 Å². The summed E-state index contributed by atoms with van der Waals surface area (Å²) >= 11 is 0. The Kier molecular flexibility index (Phi) is 6.38. The Morgan fingerprint density at radius 1 is 1.03 bits per heavy atom. The fourth-order valence-electron chi connectivity index (χ4n) is 4.09. The lowest BCUT2D eigenvalue weighted by molar-refractivity contribution is -0.133. The molecule has 0 bridgehead atoms. The Morgan fingerprint density at radius 3 is 2.24 bits per heavy atom. The van der Waals surface area contributed by atoms with E-state index in [0.717, 1.165) is 29.4 Å². The maximum Gasteiger partial charge on any atom is 0.495 e. The molecule has 2 fully saturated rings. The summed E-state index contributed by atoms with van der Waals surface area (Å²) in [6, 6.07) is 15.4. The molecule has 1 saturated carbocycles. The summed E-state index contributed by atoms with van der Waals surface area (Å²) < 4.78 is 12.5. The fraction of sp³-hybridized carbons (Fsp3) is 0.462. The van der Waals surface area contributed by atoms with E-state index in [1.807, 2.05) is 75.1 Å². The monoisotopic (exact) mass is 448 g/mol. The summed E-state index contributed by atoms with van der Waals surface area (Å²) in [5.41, 5.74) is 7.93. The Balaban J connectivity index is 1.59. The minimum Gasteiger partial charge on any atom is -0.399 e. The van der Waals surface area contributed by atoms with Gasteiger partial charge in [-0.25, -0.2) is 0 Å². The molecule has 7 heteroatoms. The fourth-order valence-corrected chi connectivity index (χ4v) is 4.09. The molecule has 2 aromatic rings. The summed E-state index contributed by atoms with van der Waals surface area (Å²) in [5, 5.41) is 0. The molecular weight excluding hydrogens is 415 g/mol. The smallest absolute Gasteiger partial charge is 0.399 e. The molecule has 2 amide bonds. The van der Waals surface area contributed by atoms with Gasteiger partial charge in [-0.1, -0.05) is 36.4 Å². The van der Waals surface area contributed by atoms with E-state index in [0.29, 0.717) is 25.1 Å². The first-order chi connectivity index (χ1) is 15.6.